The van der Waals surface area contributed by atoms with Crippen molar-refractivity contribution in [1.29, 1.82) is 0 Å². The van der Waals surface area contributed by atoms with Crippen molar-refractivity contribution in [1.82, 2.24) is 4.98 Å². The first-order valence-corrected chi connectivity index (χ1v) is 4.71. The molecule has 1 atom stereocenters. The lowest BCUT2D eigenvalue weighted by molar-refractivity contribution is 0.744. The Morgan fingerprint density at radius 3 is 2.25 bits per heavy atom. The normalized spacial score (nSPS) is 11.8. The van der Waals surface area contributed by atoms with E-state index in [0.29, 0.717) is 0 Å². The second-order valence-corrected chi connectivity index (χ2v) is 5.32. The van der Waals surface area contributed by atoms with Gasteiger partial charge in [-0.25, -0.2) is 0 Å². The lowest BCUT2D eigenvalue weighted by Crippen LogP contribution is -2.09. The van der Waals surface area contributed by atoms with Crippen LogP contribution < -0.4 is 0 Å². The quantitative estimate of drug-likeness (QED) is 0.607. The van der Waals surface area contributed by atoms with E-state index in [-0.39, 0.29) is 5.16 Å². The standard InChI is InChI=1S/C10H16NP/c1-7-5-9(10(3,4)12)11-6-8(7)2/h5-6H,12H2,1-4H3. The lowest BCUT2D eigenvalue weighted by Gasteiger charge is -2.18. The van der Waals surface area contributed by atoms with Crippen LogP contribution in [0.2, 0.25) is 0 Å². The van der Waals surface area contributed by atoms with Crippen LogP contribution in [0.1, 0.15) is 30.7 Å². The third kappa shape index (κ3) is 2.04. The fourth-order valence-electron chi connectivity index (χ4n) is 0.977. The molecular formula is C10H16NP. The van der Waals surface area contributed by atoms with Crippen LogP contribution in [0.25, 0.3) is 0 Å². The number of rotatable bonds is 1. The van der Waals surface area contributed by atoms with Gasteiger partial charge in [0.2, 0.25) is 0 Å². The monoisotopic (exact) mass is 181 g/mol. The Bertz CT molecular complexity index is 286. The molecule has 0 aliphatic carbocycles. The van der Waals surface area contributed by atoms with E-state index >= 15 is 0 Å². The van der Waals surface area contributed by atoms with E-state index in [1.54, 1.807) is 0 Å². The second kappa shape index (κ2) is 3.14. The van der Waals surface area contributed by atoms with Crippen molar-refractivity contribution in [3.05, 3.63) is 29.1 Å². The molecule has 0 saturated carbocycles. The summed E-state index contributed by atoms with van der Waals surface area (Å²) in [5.74, 6) is 0. The van der Waals surface area contributed by atoms with Gasteiger partial charge in [0.1, 0.15) is 0 Å². The maximum Gasteiger partial charge on any atom is 0.0500 e. The zero-order chi connectivity index (χ0) is 9.35. The first-order valence-electron chi connectivity index (χ1n) is 4.14. The average molecular weight is 181 g/mol. The minimum absolute atomic E-state index is 0.0818. The molecule has 1 heterocycles. The summed E-state index contributed by atoms with van der Waals surface area (Å²) in [4.78, 5) is 4.39. The molecule has 1 rings (SSSR count). The van der Waals surface area contributed by atoms with Gasteiger partial charge >= 0.3 is 0 Å². The number of hydrogen-bond donors (Lipinski definition) is 0. The highest BCUT2D eigenvalue weighted by molar-refractivity contribution is 7.18. The number of aryl methyl sites for hydroxylation is 2. The number of nitrogens with zero attached hydrogens (tertiary/aromatic N) is 1. The Labute approximate surface area is 76.8 Å². The van der Waals surface area contributed by atoms with Crippen LogP contribution in [0.4, 0.5) is 0 Å². The highest BCUT2D eigenvalue weighted by atomic mass is 31.0. The molecular weight excluding hydrogens is 165 g/mol. The second-order valence-electron chi connectivity index (χ2n) is 3.88. The topological polar surface area (TPSA) is 12.9 Å². The molecule has 0 amide bonds. The van der Waals surface area contributed by atoms with Gasteiger partial charge in [0, 0.05) is 17.0 Å². The minimum atomic E-state index is 0.0818. The van der Waals surface area contributed by atoms with E-state index in [1.807, 2.05) is 6.20 Å². The van der Waals surface area contributed by atoms with Gasteiger partial charge < -0.3 is 0 Å². The first kappa shape index (κ1) is 9.67. The van der Waals surface area contributed by atoms with E-state index in [2.05, 4.69) is 48.0 Å². The molecule has 0 spiro atoms. The van der Waals surface area contributed by atoms with Crippen molar-refractivity contribution < 1.29 is 0 Å². The fraction of sp³-hybridized carbons (Fsp3) is 0.500. The van der Waals surface area contributed by atoms with Crippen LogP contribution in [-0.4, -0.2) is 4.98 Å². The Morgan fingerprint density at radius 1 is 1.25 bits per heavy atom. The summed E-state index contributed by atoms with van der Waals surface area (Å²) in [6, 6.07) is 2.16. The third-order valence-electron chi connectivity index (χ3n) is 2.03. The van der Waals surface area contributed by atoms with Crippen LogP contribution >= 0.6 is 9.24 Å². The van der Waals surface area contributed by atoms with Gasteiger partial charge in [-0.05, 0) is 31.0 Å². The molecule has 0 radical (unpaired) electrons. The van der Waals surface area contributed by atoms with Crippen molar-refractivity contribution in [2.24, 2.45) is 0 Å². The molecule has 0 bridgehead atoms. The SMILES string of the molecule is Cc1cnc(C(C)(C)P)cc1C. The third-order valence-corrected chi connectivity index (χ3v) is 2.33. The molecule has 1 aromatic rings. The smallest absolute Gasteiger partial charge is 0.0500 e. The summed E-state index contributed by atoms with van der Waals surface area (Å²) in [7, 11) is 2.81. The van der Waals surface area contributed by atoms with Crippen molar-refractivity contribution in [2.45, 2.75) is 32.9 Å². The molecule has 0 aliphatic rings. The molecule has 1 nitrogen and oxygen atoms in total. The number of hydrogen-bond acceptors (Lipinski definition) is 1. The number of aromatic nitrogens is 1. The van der Waals surface area contributed by atoms with Crippen LogP contribution in [0.15, 0.2) is 12.3 Å². The van der Waals surface area contributed by atoms with Crippen molar-refractivity contribution in [3.63, 3.8) is 0 Å². The van der Waals surface area contributed by atoms with Crippen molar-refractivity contribution in [2.75, 3.05) is 0 Å². The Kier molecular flexibility index (Phi) is 2.53. The van der Waals surface area contributed by atoms with Crippen molar-refractivity contribution >= 4 is 9.24 Å². The minimum Gasteiger partial charge on any atom is -0.260 e. The van der Waals surface area contributed by atoms with E-state index in [9.17, 15) is 0 Å². The molecule has 66 valence electrons. The largest absolute Gasteiger partial charge is 0.260 e. The Morgan fingerprint density at radius 2 is 1.83 bits per heavy atom. The van der Waals surface area contributed by atoms with E-state index in [0.717, 1.165) is 5.69 Å². The predicted octanol–water partition coefficient (Wildman–Crippen LogP) is 2.81. The lowest BCUT2D eigenvalue weighted by atomic mass is 10.0. The molecule has 1 aromatic heterocycles. The highest BCUT2D eigenvalue weighted by Crippen LogP contribution is 2.29. The summed E-state index contributed by atoms with van der Waals surface area (Å²) in [5, 5.41) is 0.0818. The fourth-order valence-corrected chi connectivity index (χ4v) is 1.13. The van der Waals surface area contributed by atoms with Crippen LogP contribution in [0, 0.1) is 13.8 Å². The summed E-state index contributed by atoms with van der Waals surface area (Å²) < 4.78 is 0. The molecule has 0 N–H and O–H groups in total. The predicted molar refractivity (Wildman–Crippen MR) is 56.4 cm³/mol. The molecule has 0 fully saturated rings. The van der Waals surface area contributed by atoms with Gasteiger partial charge in [-0.15, -0.1) is 9.24 Å². The maximum absolute atomic E-state index is 4.39. The van der Waals surface area contributed by atoms with Gasteiger partial charge in [0.15, 0.2) is 0 Å². The van der Waals surface area contributed by atoms with E-state index in [1.165, 1.54) is 11.1 Å². The Hall–Kier alpha value is -0.420. The van der Waals surface area contributed by atoms with Crippen LogP contribution in [-0.2, 0) is 5.16 Å². The first-order chi connectivity index (χ1) is 5.41. The number of pyridine rings is 1. The summed E-state index contributed by atoms with van der Waals surface area (Å²) in [6.07, 6.45) is 1.94. The van der Waals surface area contributed by atoms with Crippen molar-refractivity contribution in [3.8, 4) is 0 Å². The van der Waals surface area contributed by atoms with Gasteiger partial charge in [-0.1, -0.05) is 13.8 Å². The summed E-state index contributed by atoms with van der Waals surface area (Å²) >= 11 is 0. The summed E-state index contributed by atoms with van der Waals surface area (Å²) in [6.45, 7) is 8.50. The molecule has 0 aliphatic heterocycles. The molecule has 1 unspecified atom stereocenters. The van der Waals surface area contributed by atoms with Gasteiger partial charge in [-0.3, -0.25) is 4.98 Å². The Balaban J connectivity index is 3.14. The molecule has 0 aromatic carbocycles. The molecule has 2 heteroatoms. The maximum atomic E-state index is 4.39. The van der Waals surface area contributed by atoms with Crippen LogP contribution in [0.3, 0.4) is 0 Å². The van der Waals surface area contributed by atoms with Gasteiger partial charge in [0.25, 0.3) is 0 Å². The summed E-state index contributed by atoms with van der Waals surface area (Å²) in [5.41, 5.74) is 3.71. The zero-order valence-electron chi connectivity index (χ0n) is 8.18. The van der Waals surface area contributed by atoms with Crippen LogP contribution in [0.5, 0.6) is 0 Å². The van der Waals surface area contributed by atoms with E-state index < -0.39 is 0 Å². The van der Waals surface area contributed by atoms with Gasteiger partial charge in [-0.2, -0.15) is 0 Å². The zero-order valence-corrected chi connectivity index (χ0v) is 9.33. The average Bonchev–Trinajstić information content (AvgIpc) is 1.92. The molecule has 0 saturated heterocycles. The van der Waals surface area contributed by atoms with E-state index in [4.69, 9.17) is 0 Å². The van der Waals surface area contributed by atoms with Gasteiger partial charge in [0.05, 0.1) is 0 Å². The molecule has 12 heavy (non-hydrogen) atoms. The highest BCUT2D eigenvalue weighted by Gasteiger charge is 2.15.